The molecule has 4 heteroatoms. The lowest BCUT2D eigenvalue weighted by molar-refractivity contribution is 0.108. The maximum absolute atomic E-state index is 8.91. The van der Waals surface area contributed by atoms with Gasteiger partial charge >= 0.3 is 0 Å². The van der Waals surface area contributed by atoms with E-state index in [4.69, 9.17) is 20.5 Å². The number of benzene rings is 1. The highest BCUT2D eigenvalue weighted by atomic mass is 16.5. The van der Waals surface area contributed by atoms with Crippen LogP contribution in [0.5, 0.6) is 5.75 Å². The molecule has 18 heavy (non-hydrogen) atoms. The van der Waals surface area contributed by atoms with Crippen LogP contribution in [-0.2, 0) is 11.3 Å². The molecular formula is C14H20N2O2. The zero-order valence-corrected chi connectivity index (χ0v) is 11.0. The smallest absolute Gasteiger partial charge is 0.118 e. The molecule has 0 aliphatic carbocycles. The van der Waals surface area contributed by atoms with E-state index in [2.05, 4.69) is 6.07 Å². The van der Waals surface area contributed by atoms with Gasteiger partial charge in [-0.15, -0.1) is 0 Å². The van der Waals surface area contributed by atoms with E-state index in [1.165, 1.54) is 0 Å². The third kappa shape index (κ3) is 4.36. The molecule has 98 valence electrons. The SMILES string of the molecule is CCC(N)(C#N)CCOCc1ccc(OC)cc1. The van der Waals surface area contributed by atoms with Crippen LogP contribution >= 0.6 is 0 Å². The van der Waals surface area contributed by atoms with Crippen LogP contribution in [0.15, 0.2) is 24.3 Å². The lowest BCUT2D eigenvalue weighted by Gasteiger charge is -2.18. The molecule has 4 nitrogen and oxygen atoms in total. The van der Waals surface area contributed by atoms with Gasteiger partial charge in [0.1, 0.15) is 11.3 Å². The fourth-order valence-corrected chi connectivity index (χ4v) is 1.48. The number of nitrogens with two attached hydrogens (primary N) is 1. The Morgan fingerprint density at radius 2 is 2.00 bits per heavy atom. The molecule has 0 heterocycles. The Bertz CT molecular complexity index is 397. The highest BCUT2D eigenvalue weighted by molar-refractivity contribution is 5.26. The maximum atomic E-state index is 8.91. The third-order valence-corrected chi connectivity index (χ3v) is 2.97. The Kier molecular flexibility index (Phi) is 5.63. The second kappa shape index (κ2) is 7.00. The first-order valence-electron chi connectivity index (χ1n) is 6.04. The molecule has 1 unspecified atom stereocenters. The Morgan fingerprint density at radius 3 is 2.50 bits per heavy atom. The zero-order chi connectivity index (χ0) is 13.4. The molecule has 1 aromatic rings. The van der Waals surface area contributed by atoms with E-state index in [1.807, 2.05) is 31.2 Å². The fourth-order valence-electron chi connectivity index (χ4n) is 1.48. The quantitative estimate of drug-likeness (QED) is 0.751. The average molecular weight is 248 g/mol. The maximum Gasteiger partial charge on any atom is 0.118 e. The fraction of sp³-hybridized carbons (Fsp3) is 0.500. The molecule has 0 amide bonds. The van der Waals surface area contributed by atoms with Crippen molar-refractivity contribution in [3.63, 3.8) is 0 Å². The first kappa shape index (κ1) is 14.5. The van der Waals surface area contributed by atoms with Crippen molar-refractivity contribution >= 4 is 0 Å². The monoisotopic (exact) mass is 248 g/mol. The van der Waals surface area contributed by atoms with Gasteiger partial charge in [-0.2, -0.15) is 5.26 Å². The summed E-state index contributed by atoms with van der Waals surface area (Å²) in [5.41, 5.74) is 6.17. The van der Waals surface area contributed by atoms with Gasteiger partial charge in [0.2, 0.25) is 0 Å². The molecule has 0 bridgehead atoms. The number of methoxy groups -OCH3 is 1. The molecule has 1 atom stereocenters. The molecule has 0 radical (unpaired) electrons. The normalized spacial score (nSPS) is 13.7. The van der Waals surface area contributed by atoms with Crippen molar-refractivity contribution in [1.29, 1.82) is 5.26 Å². The summed E-state index contributed by atoms with van der Waals surface area (Å²) in [5, 5.41) is 8.91. The van der Waals surface area contributed by atoms with Gasteiger partial charge in [-0.05, 0) is 24.1 Å². The summed E-state index contributed by atoms with van der Waals surface area (Å²) in [4.78, 5) is 0. The summed E-state index contributed by atoms with van der Waals surface area (Å²) in [7, 11) is 1.64. The van der Waals surface area contributed by atoms with E-state index in [0.717, 1.165) is 11.3 Å². The second-order valence-corrected chi connectivity index (χ2v) is 4.27. The standard InChI is InChI=1S/C14H20N2O2/c1-3-14(16,11-15)8-9-18-10-12-4-6-13(17-2)7-5-12/h4-7H,3,8-10,16H2,1-2H3. The van der Waals surface area contributed by atoms with Crippen LogP contribution in [0.3, 0.4) is 0 Å². The number of nitriles is 1. The van der Waals surface area contributed by atoms with Crippen molar-refractivity contribution in [2.75, 3.05) is 13.7 Å². The van der Waals surface area contributed by atoms with Crippen molar-refractivity contribution < 1.29 is 9.47 Å². The van der Waals surface area contributed by atoms with E-state index in [9.17, 15) is 0 Å². The van der Waals surface area contributed by atoms with E-state index in [-0.39, 0.29) is 0 Å². The van der Waals surface area contributed by atoms with Gasteiger partial charge in [-0.25, -0.2) is 0 Å². The lowest BCUT2D eigenvalue weighted by Crippen LogP contribution is -2.38. The van der Waals surface area contributed by atoms with E-state index in [0.29, 0.717) is 26.1 Å². The Balaban J connectivity index is 2.31. The number of ether oxygens (including phenoxy) is 2. The van der Waals surface area contributed by atoms with Crippen molar-refractivity contribution in [2.24, 2.45) is 5.73 Å². The van der Waals surface area contributed by atoms with Crippen LogP contribution in [-0.4, -0.2) is 19.3 Å². The first-order valence-corrected chi connectivity index (χ1v) is 6.04. The van der Waals surface area contributed by atoms with E-state index in [1.54, 1.807) is 7.11 Å². The summed E-state index contributed by atoms with van der Waals surface area (Å²) in [6.07, 6.45) is 1.19. The summed E-state index contributed by atoms with van der Waals surface area (Å²) >= 11 is 0. The topological polar surface area (TPSA) is 68.3 Å². The van der Waals surface area contributed by atoms with Crippen LogP contribution in [0.1, 0.15) is 25.3 Å². The Labute approximate surface area is 108 Å². The molecular weight excluding hydrogens is 228 g/mol. The largest absolute Gasteiger partial charge is 0.497 e. The summed E-state index contributed by atoms with van der Waals surface area (Å²) in [6.45, 7) is 2.92. The molecule has 2 N–H and O–H groups in total. The minimum atomic E-state index is -0.764. The van der Waals surface area contributed by atoms with Gasteiger partial charge < -0.3 is 15.2 Å². The van der Waals surface area contributed by atoms with Crippen LogP contribution in [0.25, 0.3) is 0 Å². The van der Waals surface area contributed by atoms with Gasteiger partial charge in [0.05, 0.1) is 19.8 Å². The summed E-state index contributed by atoms with van der Waals surface area (Å²) in [5.74, 6) is 0.829. The van der Waals surface area contributed by atoms with Crippen LogP contribution < -0.4 is 10.5 Å². The number of rotatable bonds is 7. The molecule has 0 fully saturated rings. The van der Waals surface area contributed by atoms with E-state index < -0.39 is 5.54 Å². The number of hydrogen-bond acceptors (Lipinski definition) is 4. The zero-order valence-electron chi connectivity index (χ0n) is 11.0. The molecule has 0 aliphatic heterocycles. The molecule has 0 saturated heterocycles. The van der Waals surface area contributed by atoms with Crippen molar-refractivity contribution in [1.82, 2.24) is 0 Å². The summed E-state index contributed by atoms with van der Waals surface area (Å²) in [6, 6.07) is 9.83. The Morgan fingerprint density at radius 1 is 1.33 bits per heavy atom. The predicted octanol–water partition coefficient (Wildman–Crippen LogP) is 2.23. The minimum absolute atomic E-state index is 0.490. The highest BCUT2D eigenvalue weighted by Crippen LogP contribution is 2.13. The number of nitrogens with zero attached hydrogens (tertiary/aromatic N) is 1. The Hall–Kier alpha value is -1.57. The third-order valence-electron chi connectivity index (χ3n) is 2.97. The van der Waals surface area contributed by atoms with E-state index >= 15 is 0 Å². The molecule has 0 aromatic heterocycles. The predicted molar refractivity (Wildman–Crippen MR) is 70.1 cm³/mol. The van der Waals surface area contributed by atoms with Gasteiger partial charge in [0.25, 0.3) is 0 Å². The summed E-state index contributed by atoms with van der Waals surface area (Å²) < 4.78 is 10.6. The molecule has 0 saturated carbocycles. The van der Waals surface area contributed by atoms with Crippen molar-refractivity contribution in [3.05, 3.63) is 29.8 Å². The minimum Gasteiger partial charge on any atom is -0.497 e. The van der Waals surface area contributed by atoms with Gasteiger partial charge in [-0.3, -0.25) is 0 Å². The number of hydrogen-bond donors (Lipinski definition) is 1. The van der Waals surface area contributed by atoms with Crippen LogP contribution in [0.2, 0.25) is 0 Å². The first-order chi connectivity index (χ1) is 8.63. The van der Waals surface area contributed by atoms with Crippen molar-refractivity contribution in [3.8, 4) is 11.8 Å². The molecule has 0 aliphatic rings. The molecule has 0 spiro atoms. The second-order valence-electron chi connectivity index (χ2n) is 4.27. The van der Waals surface area contributed by atoms with Gasteiger partial charge in [-0.1, -0.05) is 19.1 Å². The van der Waals surface area contributed by atoms with Crippen molar-refractivity contribution in [2.45, 2.75) is 31.9 Å². The van der Waals surface area contributed by atoms with Gasteiger partial charge in [0.15, 0.2) is 0 Å². The van der Waals surface area contributed by atoms with Crippen LogP contribution in [0, 0.1) is 11.3 Å². The van der Waals surface area contributed by atoms with Gasteiger partial charge in [0, 0.05) is 13.0 Å². The highest BCUT2D eigenvalue weighted by Gasteiger charge is 2.21. The molecule has 1 rings (SSSR count). The molecule has 1 aromatic carbocycles. The lowest BCUT2D eigenvalue weighted by atomic mass is 9.96. The average Bonchev–Trinajstić information content (AvgIpc) is 2.44. The van der Waals surface area contributed by atoms with Crippen LogP contribution in [0.4, 0.5) is 0 Å².